The van der Waals surface area contributed by atoms with Crippen LogP contribution >= 0.6 is 0 Å². The fourth-order valence-corrected chi connectivity index (χ4v) is 3.24. The summed E-state index contributed by atoms with van der Waals surface area (Å²) in [6.45, 7) is 23.5. The van der Waals surface area contributed by atoms with Crippen molar-refractivity contribution in [1.82, 2.24) is 4.90 Å². The maximum atomic E-state index is 12.4. The van der Waals surface area contributed by atoms with E-state index in [0.29, 0.717) is 18.8 Å². The van der Waals surface area contributed by atoms with Gasteiger partial charge in [-0.25, -0.2) is 4.79 Å². The Morgan fingerprint density at radius 1 is 1.17 bits per heavy atom. The molecule has 0 radical (unpaired) electrons. The van der Waals surface area contributed by atoms with Gasteiger partial charge in [-0.15, -0.1) is 0 Å². The van der Waals surface area contributed by atoms with Gasteiger partial charge < -0.3 is 18.8 Å². The van der Waals surface area contributed by atoms with Gasteiger partial charge in [0.15, 0.2) is 0 Å². The van der Waals surface area contributed by atoms with Gasteiger partial charge in [0.1, 0.15) is 17.5 Å². The highest BCUT2D eigenvalue weighted by molar-refractivity contribution is 6.74. The third kappa shape index (κ3) is 5.81. The van der Waals surface area contributed by atoms with Crippen LogP contribution < -0.4 is 0 Å². The highest BCUT2D eigenvalue weighted by Crippen LogP contribution is 2.38. The number of carbonyl (C=O) groups is 1. The average Bonchev–Trinajstić information content (AvgIpc) is 2.33. The Labute approximate surface area is 148 Å². The lowest BCUT2D eigenvalue weighted by atomic mass is 10.2. The Morgan fingerprint density at radius 3 is 2.17 bits per heavy atom. The van der Waals surface area contributed by atoms with Crippen molar-refractivity contribution >= 4 is 14.4 Å². The van der Waals surface area contributed by atoms with E-state index in [1.807, 2.05) is 27.7 Å². The molecule has 1 rings (SSSR count). The van der Waals surface area contributed by atoms with Gasteiger partial charge in [-0.3, -0.25) is 0 Å². The molecule has 140 valence electrons. The summed E-state index contributed by atoms with van der Waals surface area (Å²) in [5.74, 6) is 0.613. The van der Waals surface area contributed by atoms with Gasteiger partial charge in [0, 0.05) is 0 Å². The molecule has 0 spiro atoms. The number of hydrogen-bond acceptors (Lipinski definition) is 4. The van der Waals surface area contributed by atoms with Crippen LogP contribution in [-0.2, 0) is 13.9 Å². The molecule has 0 N–H and O–H groups in total. The molecule has 0 unspecified atom stereocenters. The van der Waals surface area contributed by atoms with Crippen LogP contribution in [0.1, 0.15) is 48.5 Å². The highest BCUT2D eigenvalue weighted by atomic mass is 28.4. The largest absolute Gasteiger partial charge is 0.545 e. The molecule has 0 aromatic heterocycles. The van der Waals surface area contributed by atoms with Crippen molar-refractivity contribution in [2.45, 2.75) is 84.4 Å². The molecule has 0 aromatic rings. The van der Waals surface area contributed by atoms with E-state index in [-0.39, 0.29) is 23.3 Å². The first kappa shape index (κ1) is 21.0. The van der Waals surface area contributed by atoms with Crippen LogP contribution in [0.3, 0.4) is 0 Å². The smallest absolute Gasteiger partial charge is 0.410 e. The molecule has 1 aliphatic rings. The molecule has 24 heavy (non-hydrogen) atoms. The Bertz CT molecular complexity index is 476. The Balaban J connectivity index is 2.78. The first-order valence-corrected chi connectivity index (χ1v) is 11.5. The minimum atomic E-state index is -1.98. The maximum Gasteiger partial charge on any atom is 0.410 e. The number of hydrogen-bond donors (Lipinski definition) is 0. The zero-order valence-corrected chi connectivity index (χ0v) is 17.9. The predicted molar refractivity (Wildman–Crippen MR) is 99.6 cm³/mol. The van der Waals surface area contributed by atoms with E-state index in [9.17, 15) is 4.79 Å². The summed E-state index contributed by atoms with van der Waals surface area (Å²) in [6, 6.07) is 0. The summed E-state index contributed by atoms with van der Waals surface area (Å²) in [5.41, 5.74) is -0.511. The van der Waals surface area contributed by atoms with Gasteiger partial charge in [-0.05, 0) is 45.8 Å². The van der Waals surface area contributed by atoms with E-state index in [1.54, 1.807) is 4.90 Å². The van der Waals surface area contributed by atoms with Crippen LogP contribution in [0.4, 0.5) is 4.79 Å². The van der Waals surface area contributed by atoms with Crippen molar-refractivity contribution in [2.24, 2.45) is 0 Å². The van der Waals surface area contributed by atoms with Crippen LogP contribution in [-0.4, -0.2) is 50.2 Å². The normalized spacial score (nSPS) is 23.0. The third-order valence-electron chi connectivity index (χ3n) is 4.46. The van der Waals surface area contributed by atoms with Crippen molar-refractivity contribution in [1.29, 1.82) is 0 Å². The van der Waals surface area contributed by atoms with Crippen molar-refractivity contribution in [2.75, 3.05) is 13.1 Å². The minimum Gasteiger partial charge on any atom is -0.545 e. The van der Waals surface area contributed by atoms with E-state index in [1.165, 1.54) is 0 Å². The van der Waals surface area contributed by atoms with E-state index >= 15 is 0 Å². The van der Waals surface area contributed by atoms with E-state index in [4.69, 9.17) is 13.9 Å². The average molecular weight is 358 g/mol. The van der Waals surface area contributed by atoms with Crippen molar-refractivity contribution in [3.05, 3.63) is 12.3 Å². The van der Waals surface area contributed by atoms with Crippen LogP contribution in [0, 0.1) is 0 Å². The van der Waals surface area contributed by atoms with E-state index in [0.717, 1.165) is 0 Å². The van der Waals surface area contributed by atoms with Gasteiger partial charge in [-0.1, -0.05) is 27.4 Å². The third-order valence-corrected chi connectivity index (χ3v) is 8.85. The molecule has 1 aliphatic heterocycles. The van der Waals surface area contributed by atoms with Crippen LogP contribution in [0.2, 0.25) is 18.1 Å². The summed E-state index contributed by atoms with van der Waals surface area (Å²) in [6.07, 6.45) is -0.728. The molecule has 1 heterocycles. The van der Waals surface area contributed by atoms with Crippen LogP contribution in [0.15, 0.2) is 12.3 Å². The molecule has 0 aliphatic carbocycles. The molecule has 1 amide bonds. The van der Waals surface area contributed by atoms with Crippen molar-refractivity contribution in [3.63, 3.8) is 0 Å². The molecule has 2 atom stereocenters. The predicted octanol–water partition coefficient (Wildman–Crippen LogP) is 4.55. The molecule has 0 saturated carbocycles. The van der Waals surface area contributed by atoms with Crippen LogP contribution in [0.5, 0.6) is 0 Å². The Kier molecular flexibility index (Phi) is 6.20. The highest BCUT2D eigenvalue weighted by Gasteiger charge is 2.41. The van der Waals surface area contributed by atoms with Gasteiger partial charge in [0.2, 0.25) is 8.32 Å². The van der Waals surface area contributed by atoms with Crippen molar-refractivity contribution < 1.29 is 18.7 Å². The zero-order chi connectivity index (χ0) is 18.9. The summed E-state index contributed by atoms with van der Waals surface area (Å²) in [7, 11) is -1.98. The number of morpholine rings is 1. The summed E-state index contributed by atoms with van der Waals surface area (Å²) in [5, 5.41) is 0.0844. The standard InChI is InChI=1S/C18H35NO4Si/c1-13-11-19(16(20)22-17(3,4)5)12-15(21-13)14(2)23-24(9,10)18(6,7)8/h13,15H,2,11-12H2,1,3-10H3/t13-,15-/m1/s1. The van der Waals surface area contributed by atoms with Gasteiger partial charge in [-0.2, -0.15) is 0 Å². The second-order valence-electron chi connectivity index (χ2n) is 9.15. The van der Waals surface area contributed by atoms with Gasteiger partial charge >= 0.3 is 6.09 Å². The number of carbonyl (C=O) groups excluding carboxylic acids is 1. The quantitative estimate of drug-likeness (QED) is 0.549. The maximum absolute atomic E-state index is 12.4. The first-order chi connectivity index (χ1) is 10.6. The summed E-state index contributed by atoms with van der Waals surface area (Å²) in [4.78, 5) is 14.0. The summed E-state index contributed by atoms with van der Waals surface area (Å²) >= 11 is 0. The lowest BCUT2D eigenvalue weighted by molar-refractivity contribution is -0.0760. The van der Waals surface area contributed by atoms with E-state index < -0.39 is 13.9 Å². The molecular weight excluding hydrogens is 322 g/mol. The SMILES string of the molecule is C=C(O[Si](C)(C)C(C)(C)C)[C@H]1CN(C(=O)OC(C)(C)C)C[C@@H](C)O1. The van der Waals surface area contributed by atoms with Crippen molar-refractivity contribution in [3.8, 4) is 0 Å². The topological polar surface area (TPSA) is 48.0 Å². The number of rotatable bonds is 3. The number of nitrogens with zero attached hydrogens (tertiary/aromatic N) is 1. The van der Waals surface area contributed by atoms with Gasteiger partial charge in [0.05, 0.1) is 19.2 Å². The molecule has 1 fully saturated rings. The minimum absolute atomic E-state index is 0.0844. The zero-order valence-electron chi connectivity index (χ0n) is 16.9. The summed E-state index contributed by atoms with van der Waals surface area (Å²) < 4.78 is 17.7. The number of ether oxygens (including phenoxy) is 2. The molecule has 0 aromatic carbocycles. The number of amides is 1. The lowest BCUT2D eigenvalue weighted by Crippen LogP contribution is -2.52. The lowest BCUT2D eigenvalue weighted by Gasteiger charge is -2.42. The van der Waals surface area contributed by atoms with Crippen LogP contribution in [0.25, 0.3) is 0 Å². The van der Waals surface area contributed by atoms with E-state index in [2.05, 4.69) is 40.4 Å². The Morgan fingerprint density at radius 2 is 1.71 bits per heavy atom. The fraction of sp³-hybridized carbons (Fsp3) is 0.833. The molecule has 5 nitrogen and oxygen atoms in total. The molecule has 0 bridgehead atoms. The Hall–Kier alpha value is -1.01. The van der Waals surface area contributed by atoms with Gasteiger partial charge in [0.25, 0.3) is 0 Å². The fourth-order valence-electron chi connectivity index (χ4n) is 2.15. The molecular formula is C18H35NO4Si. The monoisotopic (exact) mass is 357 g/mol. The molecule has 1 saturated heterocycles. The second kappa shape index (κ2) is 7.08. The first-order valence-electron chi connectivity index (χ1n) is 8.63. The molecule has 6 heteroatoms. The second-order valence-corrected chi connectivity index (χ2v) is 13.9.